The van der Waals surface area contributed by atoms with Crippen LogP contribution in [0, 0.1) is 11.3 Å². The quantitative estimate of drug-likeness (QED) is 0.628. The van der Waals surface area contributed by atoms with Crippen LogP contribution in [-0.4, -0.2) is 10.9 Å². The van der Waals surface area contributed by atoms with E-state index in [2.05, 4.69) is 10.3 Å². The number of nitrogen functional groups attached to an aromatic ring is 1. The number of rotatable bonds is 2. The molecule has 0 aliphatic rings. The second-order valence-electron chi connectivity index (χ2n) is 4.65. The molecule has 0 radical (unpaired) electrons. The van der Waals surface area contributed by atoms with E-state index in [1.807, 2.05) is 12.1 Å². The topological polar surface area (TPSA) is 94.7 Å². The van der Waals surface area contributed by atoms with Crippen LogP contribution < -0.4 is 11.1 Å². The summed E-state index contributed by atoms with van der Waals surface area (Å²) in [6.07, 6.45) is 1.66. The molecule has 5 heteroatoms. The second-order valence-corrected chi connectivity index (χ2v) is 4.65. The monoisotopic (exact) mass is 276 g/mol. The van der Waals surface area contributed by atoms with Gasteiger partial charge < -0.3 is 16.0 Å². The Hall–Kier alpha value is -3.26. The molecule has 1 amide bonds. The molecule has 21 heavy (non-hydrogen) atoms. The van der Waals surface area contributed by atoms with E-state index in [1.165, 1.54) is 0 Å². The Morgan fingerprint density at radius 1 is 1.19 bits per heavy atom. The van der Waals surface area contributed by atoms with Crippen molar-refractivity contribution in [3.63, 3.8) is 0 Å². The molecule has 0 spiro atoms. The summed E-state index contributed by atoms with van der Waals surface area (Å²) in [7, 11) is 0. The lowest BCUT2D eigenvalue weighted by molar-refractivity contribution is 0.102. The van der Waals surface area contributed by atoms with E-state index in [1.54, 1.807) is 42.6 Å². The zero-order valence-electron chi connectivity index (χ0n) is 11.1. The zero-order valence-corrected chi connectivity index (χ0v) is 11.1. The molecule has 0 saturated heterocycles. The Morgan fingerprint density at radius 3 is 2.67 bits per heavy atom. The van der Waals surface area contributed by atoms with Crippen molar-refractivity contribution < 1.29 is 4.79 Å². The average molecular weight is 276 g/mol. The van der Waals surface area contributed by atoms with E-state index in [0.717, 1.165) is 10.9 Å². The molecule has 3 rings (SSSR count). The van der Waals surface area contributed by atoms with Crippen LogP contribution in [-0.2, 0) is 0 Å². The third kappa shape index (κ3) is 2.42. The number of hydrogen-bond acceptors (Lipinski definition) is 3. The van der Waals surface area contributed by atoms with Gasteiger partial charge in [-0.25, -0.2) is 0 Å². The van der Waals surface area contributed by atoms with Gasteiger partial charge in [0.1, 0.15) is 0 Å². The van der Waals surface area contributed by atoms with Crippen LogP contribution in [0.2, 0.25) is 0 Å². The number of benzene rings is 2. The number of carbonyl (C=O) groups is 1. The fraction of sp³-hybridized carbons (Fsp3) is 0. The molecule has 0 fully saturated rings. The van der Waals surface area contributed by atoms with Crippen LogP contribution in [0.3, 0.4) is 0 Å². The van der Waals surface area contributed by atoms with E-state index in [9.17, 15) is 4.79 Å². The van der Waals surface area contributed by atoms with Crippen LogP contribution in [0.25, 0.3) is 10.9 Å². The second kappa shape index (κ2) is 5.02. The van der Waals surface area contributed by atoms with Crippen molar-refractivity contribution in [1.82, 2.24) is 4.98 Å². The molecule has 0 unspecified atom stereocenters. The maximum atomic E-state index is 12.3. The van der Waals surface area contributed by atoms with Crippen molar-refractivity contribution >= 4 is 28.2 Å². The molecule has 0 aliphatic heterocycles. The lowest BCUT2D eigenvalue weighted by Crippen LogP contribution is -2.11. The largest absolute Gasteiger partial charge is 0.399 e. The Balaban J connectivity index is 1.90. The minimum absolute atomic E-state index is 0.225. The molecule has 0 bridgehead atoms. The average Bonchev–Trinajstić information content (AvgIpc) is 2.91. The number of nitrogens with one attached hydrogen (secondary N) is 2. The lowest BCUT2D eigenvalue weighted by atomic mass is 10.1. The van der Waals surface area contributed by atoms with Crippen molar-refractivity contribution in [2.75, 3.05) is 11.1 Å². The number of fused-ring (bicyclic) bond motifs is 1. The van der Waals surface area contributed by atoms with Crippen LogP contribution in [0.1, 0.15) is 15.9 Å². The number of aromatic nitrogens is 1. The summed E-state index contributed by atoms with van der Waals surface area (Å²) in [5, 5.41) is 12.3. The van der Waals surface area contributed by atoms with Gasteiger partial charge in [0, 0.05) is 28.5 Å². The minimum atomic E-state index is -0.225. The first-order chi connectivity index (χ1) is 10.2. The van der Waals surface area contributed by atoms with Crippen molar-refractivity contribution in [3.8, 4) is 6.07 Å². The fourth-order valence-electron chi connectivity index (χ4n) is 2.15. The van der Waals surface area contributed by atoms with Gasteiger partial charge in [0.15, 0.2) is 0 Å². The van der Waals surface area contributed by atoms with Gasteiger partial charge in [-0.15, -0.1) is 0 Å². The van der Waals surface area contributed by atoms with E-state index in [0.29, 0.717) is 22.5 Å². The van der Waals surface area contributed by atoms with Gasteiger partial charge in [-0.2, -0.15) is 5.26 Å². The van der Waals surface area contributed by atoms with Crippen LogP contribution >= 0.6 is 0 Å². The normalized spacial score (nSPS) is 10.2. The van der Waals surface area contributed by atoms with Gasteiger partial charge in [0.25, 0.3) is 5.91 Å². The van der Waals surface area contributed by atoms with Gasteiger partial charge in [-0.05, 0) is 42.5 Å². The van der Waals surface area contributed by atoms with Gasteiger partial charge >= 0.3 is 0 Å². The van der Waals surface area contributed by atoms with Crippen molar-refractivity contribution in [2.24, 2.45) is 0 Å². The molecule has 3 aromatic rings. The van der Waals surface area contributed by atoms with Gasteiger partial charge in [-0.3, -0.25) is 4.79 Å². The summed E-state index contributed by atoms with van der Waals surface area (Å²) in [5.41, 5.74) is 8.94. The number of nitrogens with two attached hydrogens (primary N) is 1. The lowest BCUT2D eigenvalue weighted by Gasteiger charge is -2.04. The predicted octanol–water partition coefficient (Wildman–Crippen LogP) is 2.87. The maximum Gasteiger partial charge on any atom is 0.257 e. The Bertz CT molecular complexity index is 856. The molecule has 1 aromatic heterocycles. The summed E-state index contributed by atoms with van der Waals surface area (Å²) < 4.78 is 0. The zero-order chi connectivity index (χ0) is 14.8. The number of amides is 1. The van der Waals surface area contributed by atoms with Gasteiger partial charge in [-0.1, -0.05) is 0 Å². The molecule has 5 nitrogen and oxygen atoms in total. The summed E-state index contributed by atoms with van der Waals surface area (Å²) >= 11 is 0. The molecule has 2 aromatic carbocycles. The van der Waals surface area contributed by atoms with Crippen LogP contribution in [0.15, 0.2) is 48.7 Å². The molecule has 0 saturated carbocycles. The number of carbonyl (C=O) groups excluding carboxylic acids is 1. The van der Waals surface area contributed by atoms with Crippen molar-refractivity contribution in [2.45, 2.75) is 0 Å². The molecular formula is C16H12N4O. The van der Waals surface area contributed by atoms with Gasteiger partial charge in [0.05, 0.1) is 17.2 Å². The van der Waals surface area contributed by atoms with E-state index >= 15 is 0 Å². The molecule has 1 heterocycles. The van der Waals surface area contributed by atoms with E-state index in [4.69, 9.17) is 11.0 Å². The van der Waals surface area contributed by atoms with Crippen LogP contribution in [0.5, 0.6) is 0 Å². The van der Waals surface area contributed by atoms with Crippen LogP contribution in [0.4, 0.5) is 11.4 Å². The molecule has 0 atom stereocenters. The highest BCUT2D eigenvalue weighted by Crippen LogP contribution is 2.22. The first-order valence-corrected chi connectivity index (χ1v) is 6.35. The van der Waals surface area contributed by atoms with E-state index in [-0.39, 0.29) is 5.91 Å². The number of H-pyrrole nitrogens is 1. The first kappa shape index (κ1) is 12.8. The first-order valence-electron chi connectivity index (χ1n) is 6.35. The number of aromatic amines is 1. The SMILES string of the molecule is N#Cc1ccc(NC(=O)c2c[nH]c3ccc(N)cc23)cc1. The van der Waals surface area contributed by atoms with Gasteiger partial charge in [0.2, 0.25) is 0 Å². The summed E-state index contributed by atoms with van der Waals surface area (Å²) in [6.45, 7) is 0. The highest BCUT2D eigenvalue weighted by Gasteiger charge is 2.12. The maximum absolute atomic E-state index is 12.3. The Kier molecular flexibility index (Phi) is 3.05. The summed E-state index contributed by atoms with van der Waals surface area (Å²) in [4.78, 5) is 15.4. The smallest absolute Gasteiger partial charge is 0.257 e. The van der Waals surface area contributed by atoms with Crippen molar-refractivity contribution in [3.05, 3.63) is 59.8 Å². The molecular weight excluding hydrogens is 264 g/mol. The van der Waals surface area contributed by atoms with Crippen molar-refractivity contribution in [1.29, 1.82) is 5.26 Å². The van der Waals surface area contributed by atoms with E-state index < -0.39 is 0 Å². The number of nitriles is 1. The fourth-order valence-corrected chi connectivity index (χ4v) is 2.15. The molecule has 0 aliphatic carbocycles. The summed E-state index contributed by atoms with van der Waals surface area (Å²) in [6, 6.07) is 14.1. The number of hydrogen-bond donors (Lipinski definition) is 3. The number of anilines is 2. The standard InChI is InChI=1S/C16H12N4O/c17-8-10-1-4-12(5-2-10)20-16(21)14-9-19-15-6-3-11(18)7-13(14)15/h1-7,9,19H,18H2,(H,20,21). The predicted molar refractivity (Wildman–Crippen MR) is 81.8 cm³/mol. The highest BCUT2D eigenvalue weighted by molar-refractivity contribution is 6.13. The highest BCUT2D eigenvalue weighted by atomic mass is 16.1. The molecule has 4 N–H and O–H groups in total. The third-order valence-electron chi connectivity index (χ3n) is 3.22. The summed E-state index contributed by atoms with van der Waals surface area (Å²) in [5.74, 6) is -0.225. The minimum Gasteiger partial charge on any atom is -0.399 e. The Labute approximate surface area is 121 Å². The molecule has 102 valence electrons. The number of nitrogens with zero attached hydrogens (tertiary/aromatic N) is 1. The third-order valence-corrected chi connectivity index (χ3v) is 3.22. The Morgan fingerprint density at radius 2 is 1.95 bits per heavy atom.